The summed E-state index contributed by atoms with van der Waals surface area (Å²) in [6.07, 6.45) is 2.97. The van der Waals surface area contributed by atoms with Crippen LogP contribution in [0.15, 0.2) is 52.0 Å². The van der Waals surface area contributed by atoms with E-state index in [1.807, 2.05) is 13.0 Å². The van der Waals surface area contributed by atoms with E-state index in [0.717, 1.165) is 10.1 Å². The summed E-state index contributed by atoms with van der Waals surface area (Å²) in [6.45, 7) is 2.98. The van der Waals surface area contributed by atoms with Crippen LogP contribution in [0.5, 0.6) is 0 Å². The summed E-state index contributed by atoms with van der Waals surface area (Å²) in [7, 11) is -2.47. The van der Waals surface area contributed by atoms with Gasteiger partial charge in [0.1, 0.15) is 5.76 Å². The van der Waals surface area contributed by atoms with E-state index in [9.17, 15) is 18.0 Å². The number of carbonyl (C=O) groups is 2. The first kappa shape index (κ1) is 20.9. The zero-order chi connectivity index (χ0) is 20.0. The molecule has 0 fully saturated rings. The van der Waals surface area contributed by atoms with E-state index in [1.165, 1.54) is 38.2 Å². The third kappa shape index (κ3) is 5.77. The SMILES string of the molecule is CC(=O)c1ccc(S(=O)(=O)N(C)CC(=O)NC(C)CCc2ccco2)cc1. The molecule has 146 valence electrons. The summed E-state index contributed by atoms with van der Waals surface area (Å²) in [4.78, 5) is 23.5. The molecule has 0 radical (unpaired) electrons. The van der Waals surface area contributed by atoms with E-state index in [4.69, 9.17) is 4.42 Å². The Bertz CT molecular complexity index is 873. The van der Waals surface area contributed by atoms with Gasteiger partial charge in [-0.3, -0.25) is 9.59 Å². The van der Waals surface area contributed by atoms with Gasteiger partial charge in [0.15, 0.2) is 5.78 Å². The van der Waals surface area contributed by atoms with Gasteiger partial charge in [-0.15, -0.1) is 0 Å². The molecule has 27 heavy (non-hydrogen) atoms. The van der Waals surface area contributed by atoms with E-state index >= 15 is 0 Å². The van der Waals surface area contributed by atoms with Crippen molar-refractivity contribution in [1.82, 2.24) is 9.62 Å². The number of rotatable bonds is 9. The Morgan fingerprint density at radius 1 is 1.19 bits per heavy atom. The highest BCUT2D eigenvalue weighted by Crippen LogP contribution is 2.15. The number of hydrogen-bond acceptors (Lipinski definition) is 5. The molecule has 1 aromatic heterocycles. The van der Waals surface area contributed by atoms with Crippen LogP contribution in [0.4, 0.5) is 0 Å². The molecule has 0 saturated heterocycles. The second-order valence-electron chi connectivity index (χ2n) is 6.43. The van der Waals surface area contributed by atoms with E-state index < -0.39 is 10.0 Å². The minimum absolute atomic E-state index is 0.0358. The predicted octanol–water partition coefficient (Wildman–Crippen LogP) is 2.24. The van der Waals surface area contributed by atoms with Crippen LogP contribution >= 0.6 is 0 Å². The van der Waals surface area contributed by atoms with E-state index in [-0.39, 0.29) is 29.2 Å². The van der Waals surface area contributed by atoms with Gasteiger partial charge in [0, 0.05) is 25.1 Å². The van der Waals surface area contributed by atoms with Crippen molar-refractivity contribution in [1.29, 1.82) is 0 Å². The Labute approximate surface area is 159 Å². The van der Waals surface area contributed by atoms with E-state index in [2.05, 4.69) is 5.32 Å². The Morgan fingerprint density at radius 3 is 2.41 bits per heavy atom. The molecule has 0 bridgehead atoms. The number of carbonyl (C=O) groups excluding carboxylic acids is 2. The number of amides is 1. The van der Waals surface area contributed by atoms with Crippen molar-refractivity contribution in [2.24, 2.45) is 0 Å². The van der Waals surface area contributed by atoms with Gasteiger partial charge in [0.05, 0.1) is 17.7 Å². The first-order chi connectivity index (χ1) is 12.7. The summed E-state index contributed by atoms with van der Waals surface area (Å²) < 4.78 is 31.4. The standard InChI is InChI=1S/C19H24N2O5S/c1-14(6-9-17-5-4-12-26-17)20-19(23)13-21(3)27(24,25)18-10-7-16(8-11-18)15(2)22/h4-5,7-8,10-12,14H,6,9,13H2,1-3H3,(H,20,23). The topological polar surface area (TPSA) is 96.7 Å². The number of benzene rings is 1. The molecule has 7 nitrogen and oxygen atoms in total. The van der Waals surface area contributed by atoms with Gasteiger partial charge in [-0.25, -0.2) is 8.42 Å². The molecule has 0 spiro atoms. The fraction of sp³-hybridized carbons (Fsp3) is 0.368. The summed E-state index contributed by atoms with van der Waals surface area (Å²) in [5, 5.41) is 2.79. The number of nitrogens with one attached hydrogen (secondary N) is 1. The number of likely N-dealkylation sites (N-methyl/N-ethyl adjacent to an activating group) is 1. The molecule has 2 rings (SSSR count). The number of hydrogen-bond donors (Lipinski definition) is 1. The van der Waals surface area contributed by atoms with Crippen molar-refractivity contribution in [2.75, 3.05) is 13.6 Å². The minimum Gasteiger partial charge on any atom is -0.469 e. The van der Waals surface area contributed by atoms with Crippen LogP contribution in [0.2, 0.25) is 0 Å². The monoisotopic (exact) mass is 392 g/mol. The number of ketones is 1. The van der Waals surface area contributed by atoms with Crippen molar-refractivity contribution >= 4 is 21.7 Å². The lowest BCUT2D eigenvalue weighted by atomic mass is 10.1. The largest absolute Gasteiger partial charge is 0.469 e. The lowest BCUT2D eigenvalue weighted by Gasteiger charge is -2.19. The van der Waals surface area contributed by atoms with Gasteiger partial charge >= 0.3 is 0 Å². The van der Waals surface area contributed by atoms with Gasteiger partial charge in [0.2, 0.25) is 15.9 Å². The number of Topliss-reactive ketones (excluding diaryl/α,β-unsaturated/α-hetero) is 1. The highest BCUT2D eigenvalue weighted by molar-refractivity contribution is 7.89. The van der Waals surface area contributed by atoms with Crippen LogP contribution < -0.4 is 5.32 Å². The fourth-order valence-corrected chi connectivity index (χ4v) is 3.66. The molecule has 1 heterocycles. The van der Waals surface area contributed by atoms with Crippen molar-refractivity contribution in [3.63, 3.8) is 0 Å². The molecule has 2 aromatic rings. The maximum absolute atomic E-state index is 12.6. The van der Waals surface area contributed by atoms with Gasteiger partial charge in [0.25, 0.3) is 0 Å². The average molecular weight is 392 g/mol. The van der Waals surface area contributed by atoms with Gasteiger partial charge < -0.3 is 9.73 Å². The molecule has 0 aliphatic rings. The van der Waals surface area contributed by atoms with Crippen molar-refractivity contribution < 1.29 is 22.4 Å². The normalized spacial score (nSPS) is 12.7. The first-order valence-corrected chi connectivity index (χ1v) is 10.0. The fourth-order valence-electron chi connectivity index (χ4n) is 2.54. The molecule has 1 aromatic carbocycles. The van der Waals surface area contributed by atoms with Crippen molar-refractivity contribution in [2.45, 2.75) is 37.6 Å². The number of aryl methyl sites for hydroxylation is 1. The molecule has 0 saturated carbocycles. The Kier molecular flexibility index (Phi) is 6.92. The quantitative estimate of drug-likeness (QED) is 0.660. The Morgan fingerprint density at radius 2 is 1.85 bits per heavy atom. The van der Waals surface area contributed by atoms with E-state index in [1.54, 1.807) is 12.3 Å². The maximum atomic E-state index is 12.6. The smallest absolute Gasteiger partial charge is 0.243 e. The van der Waals surface area contributed by atoms with Crippen LogP contribution in [-0.2, 0) is 21.2 Å². The molecular weight excluding hydrogens is 368 g/mol. The van der Waals surface area contributed by atoms with Crippen LogP contribution in [0.3, 0.4) is 0 Å². The summed E-state index contributed by atoms with van der Waals surface area (Å²) in [5.41, 5.74) is 0.430. The molecule has 1 amide bonds. The molecule has 1 unspecified atom stereocenters. The highest BCUT2D eigenvalue weighted by atomic mass is 32.2. The molecule has 0 aliphatic carbocycles. The third-order valence-electron chi connectivity index (χ3n) is 4.15. The number of furan rings is 1. The lowest BCUT2D eigenvalue weighted by molar-refractivity contribution is -0.121. The first-order valence-electron chi connectivity index (χ1n) is 8.59. The van der Waals surface area contributed by atoms with E-state index in [0.29, 0.717) is 18.4 Å². The third-order valence-corrected chi connectivity index (χ3v) is 5.96. The van der Waals surface area contributed by atoms with Crippen LogP contribution in [0.1, 0.15) is 36.4 Å². The Hall–Kier alpha value is -2.45. The van der Waals surface area contributed by atoms with Crippen molar-refractivity contribution in [3.05, 3.63) is 54.0 Å². The zero-order valence-corrected chi connectivity index (χ0v) is 16.5. The average Bonchev–Trinajstić information content (AvgIpc) is 3.13. The predicted molar refractivity (Wildman–Crippen MR) is 101 cm³/mol. The minimum atomic E-state index is -3.81. The molecule has 1 atom stereocenters. The maximum Gasteiger partial charge on any atom is 0.243 e. The van der Waals surface area contributed by atoms with Crippen LogP contribution in [0.25, 0.3) is 0 Å². The summed E-state index contributed by atoms with van der Waals surface area (Å²) in [5.74, 6) is 0.313. The summed E-state index contributed by atoms with van der Waals surface area (Å²) in [6, 6.07) is 9.21. The molecule has 8 heteroatoms. The number of sulfonamides is 1. The second-order valence-corrected chi connectivity index (χ2v) is 8.47. The summed E-state index contributed by atoms with van der Waals surface area (Å²) >= 11 is 0. The lowest BCUT2D eigenvalue weighted by Crippen LogP contribution is -2.41. The van der Waals surface area contributed by atoms with Crippen LogP contribution in [-0.4, -0.2) is 44.0 Å². The van der Waals surface area contributed by atoms with Gasteiger partial charge in [-0.05, 0) is 44.5 Å². The van der Waals surface area contributed by atoms with Gasteiger partial charge in [-0.2, -0.15) is 4.31 Å². The van der Waals surface area contributed by atoms with Crippen LogP contribution in [0, 0.1) is 0 Å². The molecule has 1 N–H and O–H groups in total. The Balaban J connectivity index is 1.90. The zero-order valence-electron chi connectivity index (χ0n) is 15.6. The highest BCUT2D eigenvalue weighted by Gasteiger charge is 2.23. The van der Waals surface area contributed by atoms with Crippen molar-refractivity contribution in [3.8, 4) is 0 Å². The second kappa shape index (κ2) is 8.96. The number of nitrogens with zero attached hydrogens (tertiary/aromatic N) is 1. The van der Waals surface area contributed by atoms with Gasteiger partial charge in [-0.1, -0.05) is 12.1 Å². The molecule has 0 aliphatic heterocycles. The molecular formula is C19H24N2O5S.